The van der Waals surface area contributed by atoms with Gasteiger partial charge in [0.1, 0.15) is 0 Å². The van der Waals surface area contributed by atoms with Gasteiger partial charge in [0.25, 0.3) is 0 Å². The maximum Gasteiger partial charge on any atom is 0.0837 e. The molecule has 0 aliphatic carbocycles. The molecule has 1 saturated heterocycles. The number of nitrogens with zero attached hydrogens (tertiary/aromatic N) is 3. The van der Waals surface area contributed by atoms with Crippen LogP contribution in [0.2, 0.25) is 0 Å². The van der Waals surface area contributed by atoms with Gasteiger partial charge in [0.15, 0.2) is 0 Å². The monoisotopic (exact) mass is 229 g/mol. The average Bonchev–Trinajstić information content (AvgIpc) is 2.79. The van der Waals surface area contributed by atoms with Crippen molar-refractivity contribution in [2.24, 2.45) is 0 Å². The zero-order valence-corrected chi connectivity index (χ0v) is 9.44. The number of hydrogen-bond donors (Lipinski definition) is 0. The number of rotatable bonds is 4. The fourth-order valence-corrected chi connectivity index (χ4v) is 1.94. The van der Waals surface area contributed by atoms with Crippen LogP contribution < -0.4 is 0 Å². The van der Waals surface area contributed by atoms with Crippen LogP contribution in [0, 0.1) is 0 Å². The summed E-state index contributed by atoms with van der Waals surface area (Å²) in [6, 6.07) is 1.95. The summed E-state index contributed by atoms with van der Waals surface area (Å²) < 4.78 is 7.45. The summed E-state index contributed by atoms with van der Waals surface area (Å²) in [6.07, 6.45) is 3.98. The van der Waals surface area contributed by atoms with E-state index < -0.39 is 0 Å². The molecule has 15 heavy (non-hydrogen) atoms. The minimum atomic E-state index is 0.193. The molecule has 0 radical (unpaired) electrons. The van der Waals surface area contributed by atoms with Gasteiger partial charge in [0.2, 0.25) is 0 Å². The molecule has 84 valence electrons. The third kappa shape index (κ3) is 3.19. The second-order valence-corrected chi connectivity index (χ2v) is 4.03. The van der Waals surface area contributed by atoms with E-state index in [1.807, 2.05) is 16.9 Å². The van der Waals surface area contributed by atoms with Gasteiger partial charge in [-0.1, -0.05) is 0 Å². The molecule has 4 nitrogen and oxygen atoms in total. The molecule has 0 amide bonds. The molecule has 1 atom stereocenters. The standard InChI is InChI=1S/C10H16ClN3O/c11-8-10-9-13(6-7-15-10)4-5-14-3-1-2-12-14/h1-3,10H,4-9H2. The Morgan fingerprint density at radius 3 is 3.13 bits per heavy atom. The van der Waals surface area contributed by atoms with Crippen molar-refractivity contribution in [3.63, 3.8) is 0 Å². The van der Waals surface area contributed by atoms with Gasteiger partial charge < -0.3 is 4.74 Å². The Labute approximate surface area is 94.8 Å². The van der Waals surface area contributed by atoms with Gasteiger partial charge in [-0.05, 0) is 6.07 Å². The Morgan fingerprint density at radius 2 is 2.40 bits per heavy atom. The molecule has 2 heterocycles. The molecule has 0 spiro atoms. The van der Waals surface area contributed by atoms with E-state index in [1.165, 1.54) is 0 Å². The maximum atomic E-state index is 5.78. The lowest BCUT2D eigenvalue weighted by Gasteiger charge is -2.31. The van der Waals surface area contributed by atoms with E-state index in [4.69, 9.17) is 16.3 Å². The first-order valence-corrected chi connectivity index (χ1v) is 5.79. The van der Waals surface area contributed by atoms with Crippen molar-refractivity contribution < 1.29 is 4.74 Å². The largest absolute Gasteiger partial charge is 0.374 e. The zero-order chi connectivity index (χ0) is 10.5. The molecule has 1 aliphatic heterocycles. The smallest absolute Gasteiger partial charge is 0.0837 e. The summed E-state index contributed by atoms with van der Waals surface area (Å²) in [7, 11) is 0. The average molecular weight is 230 g/mol. The zero-order valence-electron chi connectivity index (χ0n) is 8.68. The van der Waals surface area contributed by atoms with Gasteiger partial charge >= 0.3 is 0 Å². The Morgan fingerprint density at radius 1 is 1.47 bits per heavy atom. The van der Waals surface area contributed by atoms with Gasteiger partial charge in [-0.3, -0.25) is 9.58 Å². The molecule has 1 aliphatic rings. The lowest BCUT2D eigenvalue weighted by Crippen LogP contribution is -2.44. The van der Waals surface area contributed by atoms with Crippen molar-refractivity contribution in [1.29, 1.82) is 0 Å². The number of aromatic nitrogens is 2. The highest BCUT2D eigenvalue weighted by Crippen LogP contribution is 2.06. The topological polar surface area (TPSA) is 30.3 Å². The SMILES string of the molecule is ClCC1CN(CCn2cccn2)CCO1. The van der Waals surface area contributed by atoms with Gasteiger partial charge in [-0.15, -0.1) is 11.6 Å². The summed E-state index contributed by atoms with van der Waals surface area (Å²) >= 11 is 5.78. The minimum absolute atomic E-state index is 0.193. The second kappa shape index (κ2) is 5.49. The molecule has 0 saturated carbocycles. The van der Waals surface area contributed by atoms with Gasteiger partial charge in [0.05, 0.1) is 19.3 Å². The van der Waals surface area contributed by atoms with Crippen LogP contribution in [0.5, 0.6) is 0 Å². The van der Waals surface area contributed by atoms with E-state index in [9.17, 15) is 0 Å². The third-order valence-electron chi connectivity index (χ3n) is 2.60. The van der Waals surface area contributed by atoms with E-state index in [0.29, 0.717) is 5.88 Å². The highest BCUT2D eigenvalue weighted by atomic mass is 35.5. The van der Waals surface area contributed by atoms with Crippen molar-refractivity contribution in [2.45, 2.75) is 12.6 Å². The number of morpholine rings is 1. The quantitative estimate of drug-likeness (QED) is 0.717. The maximum absolute atomic E-state index is 5.78. The predicted molar refractivity (Wildman–Crippen MR) is 59.1 cm³/mol. The van der Waals surface area contributed by atoms with Crippen LogP contribution in [-0.2, 0) is 11.3 Å². The van der Waals surface area contributed by atoms with Crippen molar-refractivity contribution in [3.8, 4) is 0 Å². The fraction of sp³-hybridized carbons (Fsp3) is 0.700. The Hall–Kier alpha value is -0.580. The Kier molecular flexibility index (Phi) is 4.00. The van der Waals surface area contributed by atoms with Crippen LogP contribution in [0.25, 0.3) is 0 Å². The summed E-state index contributed by atoms with van der Waals surface area (Å²) in [5.41, 5.74) is 0. The van der Waals surface area contributed by atoms with E-state index >= 15 is 0 Å². The number of alkyl halides is 1. The first kappa shape index (κ1) is 10.9. The van der Waals surface area contributed by atoms with Crippen molar-refractivity contribution in [1.82, 2.24) is 14.7 Å². The minimum Gasteiger partial charge on any atom is -0.374 e. The lowest BCUT2D eigenvalue weighted by molar-refractivity contribution is -0.0175. The van der Waals surface area contributed by atoms with Gasteiger partial charge in [0, 0.05) is 37.9 Å². The van der Waals surface area contributed by atoms with Crippen LogP contribution in [0.3, 0.4) is 0 Å². The molecule has 0 bridgehead atoms. The molecule has 1 aromatic heterocycles. The molecule has 1 fully saturated rings. The van der Waals surface area contributed by atoms with Gasteiger partial charge in [-0.25, -0.2) is 0 Å². The number of hydrogen-bond acceptors (Lipinski definition) is 3. The van der Waals surface area contributed by atoms with Crippen LogP contribution >= 0.6 is 11.6 Å². The summed E-state index contributed by atoms with van der Waals surface area (Å²) in [4.78, 5) is 2.37. The molecule has 5 heteroatoms. The lowest BCUT2D eigenvalue weighted by atomic mass is 10.3. The molecule has 1 aromatic rings. The first-order chi connectivity index (χ1) is 7.38. The van der Waals surface area contributed by atoms with E-state index in [0.717, 1.165) is 32.8 Å². The molecule has 1 unspecified atom stereocenters. The van der Waals surface area contributed by atoms with Crippen molar-refractivity contribution >= 4 is 11.6 Å². The molecular formula is C10H16ClN3O. The number of ether oxygens (including phenoxy) is 1. The summed E-state index contributed by atoms with van der Waals surface area (Å²) in [6.45, 7) is 4.66. The second-order valence-electron chi connectivity index (χ2n) is 3.72. The third-order valence-corrected chi connectivity index (χ3v) is 2.94. The molecule has 0 aromatic carbocycles. The van der Waals surface area contributed by atoms with Gasteiger partial charge in [-0.2, -0.15) is 5.10 Å². The summed E-state index contributed by atoms with van der Waals surface area (Å²) in [5.74, 6) is 0.582. The van der Waals surface area contributed by atoms with Crippen LogP contribution in [0.1, 0.15) is 0 Å². The first-order valence-electron chi connectivity index (χ1n) is 5.26. The van der Waals surface area contributed by atoms with E-state index in [2.05, 4.69) is 10.00 Å². The van der Waals surface area contributed by atoms with Crippen molar-refractivity contribution in [2.75, 3.05) is 32.1 Å². The highest BCUT2D eigenvalue weighted by molar-refractivity contribution is 6.18. The normalized spacial score (nSPS) is 23.1. The number of halogens is 1. The Bertz CT molecular complexity index is 278. The highest BCUT2D eigenvalue weighted by Gasteiger charge is 2.18. The van der Waals surface area contributed by atoms with E-state index in [1.54, 1.807) is 6.20 Å². The van der Waals surface area contributed by atoms with Crippen LogP contribution in [-0.4, -0.2) is 52.9 Å². The van der Waals surface area contributed by atoms with Crippen molar-refractivity contribution in [3.05, 3.63) is 18.5 Å². The molecule has 0 N–H and O–H groups in total. The van der Waals surface area contributed by atoms with E-state index in [-0.39, 0.29) is 6.10 Å². The van der Waals surface area contributed by atoms with Crippen LogP contribution in [0.4, 0.5) is 0 Å². The predicted octanol–water partition coefficient (Wildman–Crippen LogP) is 0.823. The molecular weight excluding hydrogens is 214 g/mol. The molecule has 2 rings (SSSR count). The summed E-state index contributed by atoms with van der Waals surface area (Å²) in [5, 5.41) is 4.17. The fourth-order valence-electron chi connectivity index (χ4n) is 1.75. The Balaban J connectivity index is 1.74. The van der Waals surface area contributed by atoms with Crippen LogP contribution in [0.15, 0.2) is 18.5 Å².